The highest BCUT2D eigenvalue weighted by Gasteiger charge is 2.31. The highest BCUT2D eigenvalue weighted by Crippen LogP contribution is 2.41. The molecule has 10 rings (SSSR count). The third-order valence-electron chi connectivity index (χ3n) is 11.6. The topological polar surface area (TPSA) is 170 Å². The van der Waals surface area contributed by atoms with E-state index in [-0.39, 0.29) is 58.7 Å². The second-order valence-electron chi connectivity index (χ2n) is 16.1. The van der Waals surface area contributed by atoms with E-state index < -0.39 is 23.3 Å². The molecule has 2 aliphatic rings. The molecule has 336 valence electrons. The van der Waals surface area contributed by atoms with Crippen LogP contribution in [0.4, 0.5) is 29.2 Å². The Balaban J connectivity index is 0.000000166. The van der Waals surface area contributed by atoms with Gasteiger partial charge in [0.25, 0.3) is 11.1 Å². The lowest BCUT2D eigenvalue weighted by Crippen LogP contribution is -2.30. The van der Waals surface area contributed by atoms with Crippen LogP contribution >= 0.6 is 0 Å². The number of para-hydroxylation sites is 2. The van der Waals surface area contributed by atoms with E-state index >= 15 is 0 Å². The van der Waals surface area contributed by atoms with Gasteiger partial charge in [0, 0.05) is 74.5 Å². The number of aliphatic hydroxyl groups excluding tert-OH is 2. The van der Waals surface area contributed by atoms with Crippen molar-refractivity contribution in [1.29, 1.82) is 0 Å². The van der Waals surface area contributed by atoms with Crippen LogP contribution in [-0.2, 0) is 13.1 Å². The fourth-order valence-electron chi connectivity index (χ4n) is 8.15. The molecular formula is C48H42F4N10O4. The first-order valence-corrected chi connectivity index (χ1v) is 21.1. The predicted molar refractivity (Wildman–Crippen MR) is 240 cm³/mol. The minimum Gasteiger partial charge on any atom is -0.396 e. The number of nitrogens with zero attached hydrogens (tertiary/aromatic N) is 8. The standard InChI is InChI=1S/2C24H21F2N5O2/c2*1-14-4-2-3-5-20(14)31-21(33)9-8-19(28-31)22-23(17-10-16(25)6-7-18(17)26)29-30-12-15(13-32)11-27-24(22)30/h2*2-10,15,27,32H,11-13H2,1H3. The summed E-state index contributed by atoms with van der Waals surface area (Å²) in [6.45, 7) is 5.45. The van der Waals surface area contributed by atoms with Crippen LogP contribution in [0.2, 0.25) is 0 Å². The maximum absolute atomic E-state index is 14.8. The molecule has 0 amide bonds. The summed E-state index contributed by atoms with van der Waals surface area (Å²) in [6, 6.07) is 27.0. The van der Waals surface area contributed by atoms with Crippen molar-refractivity contribution < 1.29 is 27.8 Å². The molecule has 18 heteroatoms. The average molecular weight is 899 g/mol. The van der Waals surface area contributed by atoms with E-state index in [1.54, 1.807) is 33.6 Å². The van der Waals surface area contributed by atoms with E-state index in [1.165, 1.54) is 21.5 Å². The highest BCUT2D eigenvalue weighted by molar-refractivity contribution is 5.89. The second-order valence-corrected chi connectivity index (χ2v) is 16.1. The number of aryl methyl sites for hydroxylation is 2. The van der Waals surface area contributed by atoms with Crippen molar-refractivity contribution in [1.82, 2.24) is 39.1 Å². The Morgan fingerprint density at radius 3 is 1.36 bits per heavy atom. The van der Waals surface area contributed by atoms with Crippen molar-refractivity contribution in [2.75, 3.05) is 36.9 Å². The molecule has 66 heavy (non-hydrogen) atoms. The number of nitrogens with one attached hydrogen (secondary N) is 2. The number of aromatic nitrogens is 8. The summed E-state index contributed by atoms with van der Waals surface area (Å²) in [5.74, 6) is -1.46. The van der Waals surface area contributed by atoms with Crippen molar-refractivity contribution >= 4 is 11.6 Å². The maximum Gasteiger partial charge on any atom is 0.271 e. The molecule has 2 atom stereocenters. The SMILES string of the molecule is Cc1ccccc1-n1nc(-c2c(-c3cc(F)ccc3F)nn3c2NCC(CO)C3)ccc1=O.Cc1ccccc1-n1nc(-c2c(-c3cc(F)ccc3F)nn3c2NCC(CO)C3)ccc1=O. The molecule has 14 nitrogen and oxygen atoms in total. The number of benzene rings is 4. The molecule has 2 aliphatic heterocycles. The number of hydrogen-bond donors (Lipinski definition) is 4. The van der Waals surface area contributed by atoms with Crippen LogP contribution in [0.15, 0.2) is 119 Å². The van der Waals surface area contributed by atoms with E-state index in [4.69, 9.17) is 0 Å². The molecule has 0 spiro atoms. The number of hydrogen-bond acceptors (Lipinski definition) is 10. The zero-order chi connectivity index (χ0) is 46.2. The molecule has 0 radical (unpaired) electrons. The van der Waals surface area contributed by atoms with E-state index in [1.807, 2.05) is 50.2 Å². The van der Waals surface area contributed by atoms with Crippen molar-refractivity contribution in [2.45, 2.75) is 26.9 Å². The van der Waals surface area contributed by atoms with Gasteiger partial charge in [0.05, 0.1) is 33.9 Å². The first-order chi connectivity index (χ1) is 31.9. The van der Waals surface area contributed by atoms with Gasteiger partial charge in [0.1, 0.15) is 46.3 Å². The molecule has 4 aromatic heterocycles. The van der Waals surface area contributed by atoms with Gasteiger partial charge in [0.15, 0.2) is 0 Å². The van der Waals surface area contributed by atoms with Crippen LogP contribution in [0.5, 0.6) is 0 Å². The second kappa shape index (κ2) is 18.1. The zero-order valence-electron chi connectivity index (χ0n) is 35.6. The highest BCUT2D eigenvalue weighted by atomic mass is 19.1. The monoisotopic (exact) mass is 898 g/mol. The lowest BCUT2D eigenvalue weighted by Gasteiger charge is -2.24. The third-order valence-corrected chi connectivity index (χ3v) is 11.6. The summed E-state index contributed by atoms with van der Waals surface area (Å²) in [5, 5.41) is 43.9. The molecular weight excluding hydrogens is 857 g/mol. The van der Waals surface area contributed by atoms with Gasteiger partial charge in [-0.2, -0.15) is 29.8 Å². The van der Waals surface area contributed by atoms with Crippen molar-refractivity contribution in [3.8, 4) is 56.4 Å². The number of halogens is 4. The largest absolute Gasteiger partial charge is 0.396 e. The maximum atomic E-state index is 14.8. The normalized spacial score (nSPS) is 15.2. The summed E-state index contributed by atoms with van der Waals surface area (Å²) in [5.41, 5.74) is 4.40. The van der Waals surface area contributed by atoms with Crippen LogP contribution < -0.4 is 21.8 Å². The predicted octanol–water partition coefficient (Wildman–Crippen LogP) is 6.77. The first kappa shape index (κ1) is 43.5. The molecule has 4 aromatic carbocycles. The summed E-state index contributed by atoms with van der Waals surface area (Å²) < 4.78 is 63.5. The number of aliphatic hydroxyl groups is 2. The summed E-state index contributed by atoms with van der Waals surface area (Å²) in [6.07, 6.45) is 0. The summed E-state index contributed by atoms with van der Waals surface area (Å²) in [4.78, 5) is 25.3. The van der Waals surface area contributed by atoms with Gasteiger partial charge in [-0.15, -0.1) is 0 Å². The fraction of sp³-hybridized carbons (Fsp3) is 0.208. The van der Waals surface area contributed by atoms with E-state index in [0.29, 0.717) is 71.7 Å². The lowest BCUT2D eigenvalue weighted by atomic mass is 10.0. The molecule has 0 saturated carbocycles. The average Bonchev–Trinajstić information content (AvgIpc) is 3.90. The van der Waals surface area contributed by atoms with Crippen LogP contribution in [0.25, 0.3) is 56.4 Å². The summed E-state index contributed by atoms with van der Waals surface area (Å²) >= 11 is 0. The molecule has 6 heterocycles. The Morgan fingerprint density at radius 2 is 0.970 bits per heavy atom. The van der Waals surface area contributed by atoms with Gasteiger partial charge >= 0.3 is 0 Å². The van der Waals surface area contributed by atoms with Gasteiger partial charge in [0.2, 0.25) is 0 Å². The number of rotatable bonds is 8. The van der Waals surface area contributed by atoms with Crippen LogP contribution in [0.1, 0.15) is 11.1 Å². The minimum absolute atomic E-state index is 0.00955. The van der Waals surface area contributed by atoms with Crippen LogP contribution in [-0.4, -0.2) is 75.6 Å². The molecule has 2 unspecified atom stereocenters. The van der Waals surface area contributed by atoms with E-state index in [0.717, 1.165) is 47.5 Å². The molecule has 4 N–H and O–H groups in total. The van der Waals surface area contributed by atoms with E-state index in [2.05, 4.69) is 31.0 Å². The van der Waals surface area contributed by atoms with E-state index in [9.17, 15) is 37.4 Å². The number of anilines is 2. The van der Waals surface area contributed by atoms with Gasteiger partial charge in [-0.1, -0.05) is 36.4 Å². The third kappa shape index (κ3) is 8.27. The molecule has 0 saturated heterocycles. The Bertz CT molecular complexity index is 3040. The zero-order valence-corrected chi connectivity index (χ0v) is 35.6. The van der Waals surface area contributed by atoms with Gasteiger partial charge in [-0.25, -0.2) is 26.9 Å². The molecule has 8 aromatic rings. The molecule has 0 fully saturated rings. The first-order valence-electron chi connectivity index (χ1n) is 21.1. The Hall–Kier alpha value is -7.70. The van der Waals surface area contributed by atoms with Gasteiger partial charge < -0.3 is 20.8 Å². The van der Waals surface area contributed by atoms with Crippen LogP contribution in [0, 0.1) is 49.0 Å². The quantitative estimate of drug-likeness (QED) is 0.120. The summed E-state index contributed by atoms with van der Waals surface area (Å²) in [7, 11) is 0. The van der Waals surface area contributed by atoms with Gasteiger partial charge in [-0.05, 0) is 85.6 Å². The number of fused-ring (bicyclic) bond motifs is 2. The smallest absolute Gasteiger partial charge is 0.271 e. The van der Waals surface area contributed by atoms with Crippen LogP contribution in [0.3, 0.4) is 0 Å². The molecule has 0 aliphatic carbocycles. The van der Waals surface area contributed by atoms with Crippen molar-refractivity contribution in [3.63, 3.8) is 0 Å². The Labute approximate surface area is 374 Å². The van der Waals surface area contributed by atoms with Crippen molar-refractivity contribution in [2.24, 2.45) is 11.8 Å². The Kier molecular flexibility index (Phi) is 11.9. The van der Waals surface area contributed by atoms with Gasteiger partial charge in [-0.3, -0.25) is 9.59 Å². The molecule has 0 bridgehead atoms. The minimum atomic E-state index is -0.626. The van der Waals surface area contributed by atoms with Crippen molar-refractivity contribution in [3.05, 3.63) is 164 Å². The fourth-order valence-corrected chi connectivity index (χ4v) is 8.15. The lowest BCUT2D eigenvalue weighted by molar-refractivity contribution is 0.209. The Morgan fingerprint density at radius 1 is 0.561 bits per heavy atom.